The molecule has 8 heteroatoms. The van der Waals surface area contributed by atoms with E-state index in [1.807, 2.05) is 4.90 Å². The Morgan fingerprint density at radius 3 is 2.19 bits per heavy atom. The number of methoxy groups -OCH3 is 1. The first kappa shape index (κ1) is 23.3. The maximum absolute atomic E-state index is 12.4. The maximum atomic E-state index is 12.4. The zero-order chi connectivity index (χ0) is 22.8. The van der Waals surface area contributed by atoms with Crippen LogP contribution in [0.3, 0.4) is 0 Å². The smallest absolute Gasteiger partial charge is 0.253 e. The van der Waals surface area contributed by atoms with Gasteiger partial charge in [0, 0.05) is 55.9 Å². The van der Waals surface area contributed by atoms with E-state index in [1.54, 1.807) is 55.6 Å². The Labute approximate surface area is 188 Å². The van der Waals surface area contributed by atoms with Gasteiger partial charge < -0.3 is 25.6 Å². The number of carbonyl (C=O) groups excluding carboxylic acids is 3. The topological polar surface area (TPSA) is 99.8 Å². The van der Waals surface area contributed by atoms with Gasteiger partial charge in [-0.15, -0.1) is 0 Å². The minimum atomic E-state index is -0.205. The van der Waals surface area contributed by atoms with Gasteiger partial charge in [0.15, 0.2) is 0 Å². The van der Waals surface area contributed by atoms with Gasteiger partial charge in [-0.1, -0.05) is 0 Å². The van der Waals surface area contributed by atoms with E-state index in [0.29, 0.717) is 30.0 Å². The molecule has 3 amide bonds. The van der Waals surface area contributed by atoms with E-state index < -0.39 is 0 Å². The van der Waals surface area contributed by atoms with Crippen molar-refractivity contribution in [1.82, 2.24) is 10.2 Å². The summed E-state index contributed by atoms with van der Waals surface area (Å²) in [6.45, 7) is 2.86. The second kappa shape index (κ2) is 11.9. The molecule has 1 saturated heterocycles. The van der Waals surface area contributed by atoms with E-state index in [9.17, 15) is 14.4 Å². The molecule has 32 heavy (non-hydrogen) atoms. The molecule has 3 N–H and O–H groups in total. The zero-order valence-electron chi connectivity index (χ0n) is 18.4. The molecule has 0 saturated carbocycles. The largest absolute Gasteiger partial charge is 0.385 e. The highest BCUT2D eigenvalue weighted by molar-refractivity contribution is 5.97. The number of nitrogens with zero attached hydrogens (tertiary/aromatic N) is 1. The summed E-state index contributed by atoms with van der Waals surface area (Å²) in [6, 6.07) is 13.9. The van der Waals surface area contributed by atoms with Crippen molar-refractivity contribution in [3.63, 3.8) is 0 Å². The van der Waals surface area contributed by atoms with Gasteiger partial charge in [-0.2, -0.15) is 0 Å². The molecule has 1 heterocycles. The molecular formula is C24H30N4O4. The fraction of sp³-hybridized carbons (Fsp3) is 0.375. The van der Waals surface area contributed by atoms with Crippen LogP contribution in [0.4, 0.5) is 11.4 Å². The van der Waals surface area contributed by atoms with Crippen LogP contribution in [-0.2, 0) is 9.53 Å². The Hall–Kier alpha value is -3.39. The molecule has 0 bridgehead atoms. The monoisotopic (exact) mass is 438 g/mol. The highest BCUT2D eigenvalue weighted by Crippen LogP contribution is 2.15. The number of anilines is 2. The lowest BCUT2D eigenvalue weighted by Crippen LogP contribution is -2.27. The van der Waals surface area contributed by atoms with Crippen LogP contribution in [0.5, 0.6) is 0 Å². The molecule has 3 rings (SSSR count). The molecule has 2 aromatic rings. The molecule has 0 aliphatic carbocycles. The van der Waals surface area contributed by atoms with Crippen LogP contribution in [-0.4, -0.2) is 62.5 Å². The van der Waals surface area contributed by atoms with Gasteiger partial charge in [0.05, 0.1) is 6.54 Å². The Balaban J connectivity index is 1.42. The Bertz CT molecular complexity index is 907. The summed E-state index contributed by atoms with van der Waals surface area (Å²) in [5.74, 6) is -0.310. The molecular weight excluding hydrogens is 408 g/mol. The molecule has 170 valence electrons. The Morgan fingerprint density at radius 1 is 0.906 bits per heavy atom. The number of amides is 3. The van der Waals surface area contributed by atoms with Crippen LogP contribution >= 0.6 is 0 Å². The highest BCUT2D eigenvalue weighted by atomic mass is 16.5. The third-order valence-corrected chi connectivity index (χ3v) is 5.22. The van der Waals surface area contributed by atoms with Crippen molar-refractivity contribution in [3.8, 4) is 0 Å². The summed E-state index contributed by atoms with van der Waals surface area (Å²) in [4.78, 5) is 38.5. The molecule has 1 aliphatic rings. The number of nitrogens with one attached hydrogen (secondary N) is 3. The summed E-state index contributed by atoms with van der Waals surface area (Å²) in [7, 11) is 1.63. The predicted octanol–water partition coefficient (Wildman–Crippen LogP) is 2.74. The van der Waals surface area contributed by atoms with Crippen molar-refractivity contribution >= 4 is 29.1 Å². The van der Waals surface area contributed by atoms with Gasteiger partial charge in [0.25, 0.3) is 11.8 Å². The summed E-state index contributed by atoms with van der Waals surface area (Å²) in [5, 5.41) is 8.68. The van der Waals surface area contributed by atoms with Crippen LogP contribution < -0.4 is 16.0 Å². The molecule has 0 unspecified atom stereocenters. The van der Waals surface area contributed by atoms with Gasteiger partial charge in [-0.3, -0.25) is 14.4 Å². The summed E-state index contributed by atoms with van der Waals surface area (Å²) in [6.07, 6.45) is 2.86. The number of benzene rings is 2. The second-order valence-corrected chi connectivity index (χ2v) is 7.66. The second-order valence-electron chi connectivity index (χ2n) is 7.66. The number of hydrogen-bond donors (Lipinski definition) is 3. The lowest BCUT2D eigenvalue weighted by atomic mass is 10.2. The maximum Gasteiger partial charge on any atom is 0.253 e. The molecule has 0 aromatic heterocycles. The summed E-state index contributed by atoms with van der Waals surface area (Å²) < 4.78 is 4.95. The van der Waals surface area contributed by atoms with E-state index in [1.165, 1.54) is 0 Å². The van der Waals surface area contributed by atoms with Gasteiger partial charge in [-0.05, 0) is 67.8 Å². The first-order valence-corrected chi connectivity index (χ1v) is 10.9. The van der Waals surface area contributed by atoms with E-state index in [-0.39, 0.29) is 24.3 Å². The Kier molecular flexibility index (Phi) is 8.62. The van der Waals surface area contributed by atoms with Crippen LogP contribution in [0.2, 0.25) is 0 Å². The van der Waals surface area contributed by atoms with Crippen LogP contribution in [0.25, 0.3) is 0 Å². The van der Waals surface area contributed by atoms with E-state index in [2.05, 4.69) is 16.0 Å². The van der Waals surface area contributed by atoms with Crippen LogP contribution in [0, 0.1) is 0 Å². The number of likely N-dealkylation sites (tertiary alicyclic amines) is 1. The van der Waals surface area contributed by atoms with Crippen molar-refractivity contribution in [2.75, 3.05) is 50.5 Å². The molecule has 0 spiro atoms. The summed E-state index contributed by atoms with van der Waals surface area (Å²) in [5.41, 5.74) is 2.56. The predicted molar refractivity (Wildman–Crippen MR) is 124 cm³/mol. The van der Waals surface area contributed by atoms with Crippen molar-refractivity contribution in [2.45, 2.75) is 19.3 Å². The van der Waals surface area contributed by atoms with Gasteiger partial charge in [-0.25, -0.2) is 0 Å². The molecule has 1 fully saturated rings. The number of carbonyl (C=O) groups is 3. The first-order valence-electron chi connectivity index (χ1n) is 10.9. The molecule has 0 radical (unpaired) electrons. The molecule has 2 aromatic carbocycles. The quantitative estimate of drug-likeness (QED) is 0.496. The van der Waals surface area contributed by atoms with Gasteiger partial charge >= 0.3 is 0 Å². The normalized spacial score (nSPS) is 13.0. The van der Waals surface area contributed by atoms with Crippen molar-refractivity contribution in [3.05, 3.63) is 59.7 Å². The third-order valence-electron chi connectivity index (χ3n) is 5.22. The lowest BCUT2D eigenvalue weighted by molar-refractivity contribution is -0.114. The van der Waals surface area contributed by atoms with E-state index >= 15 is 0 Å². The lowest BCUT2D eigenvalue weighted by Gasteiger charge is -2.15. The van der Waals surface area contributed by atoms with Crippen molar-refractivity contribution in [2.24, 2.45) is 0 Å². The standard InChI is InChI=1S/C24H30N4O4/c1-32-16-4-13-25-23(30)18-5-9-20(10-6-18)26-17-22(29)27-21-11-7-19(8-12-21)24(31)28-14-2-3-15-28/h5-12,26H,2-4,13-17H2,1H3,(H,25,30)(H,27,29). The number of rotatable bonds is 10. The average molecular weight is 439 g/mol. The number of ether oxygens (including phenoxy) is 1. The van der Waals surface area contributed by atoms with Crippen LogP contribution in [0.1, 0.15) is 40.0 Å². The molecule has 1 aliphatic heterocycles. The van der Waals surface area contributed by atoms with Gasteiger partial charge in [0.1, 0.15) is 0 Å². The van der Waals surface area contributed by atoms with Crippen molar-refractivity contribution < 1.29 is 19.1 Å². The van der Waals surface area contributed by atoms with E-state index in [4.69, 9.17) is 4.74 Å². The molecule has 8 nitrogen and oxygen atoms in total. The fourth-order valence-corrected chi connectivity index (χ4v) is 3.45. The van der Waals surface area contributed by atoms with E-state index in [0.717, 1.165) is 38.0 Å². The van der Waals surface area contributed by atoms with Crippen molar-refractivity contribution in [1.29, 1.82) is 0 Å². The summed E-state index contributed by atoms with van der Waals surface area (Å²) >= 11 is 0. The molecule has 0 atom stereocenters. The van der Waals surface area contributed by atoms with Crippen LogP contribution in [0.15, 0.2) is 48.5 Å². The SMILES string of the molecule is COCCCNC(=O)c1ccc(NCC(=O)Nc2ccc(C(=O)N3CCCC3)cc2)cc1. The highest BCUT2D eigenvalue weighted by Gasteiger charge is 2.19. The van der Waals surface area contributed by atoms with Gasteiger partial charge in [0.2, 0.25) is 5.91 Å². The first-order chi connectivity index (χ1) is 15.6. The Morgan fingerprint density at radius 2 is 1.53 bits per heavy atom. The third kappa shape index (κ3) is 6.81. The fourth-order valence-electron chi connectivity index (χ4n) is 3.45. The number of hydrogen-bond acceptors (Lipinski definition) is 5. The average Bonchev–Trinajstić information content (AvgIpc) is 3.36. The minimum absolute atomic E-state index is 0.0362. The zero-order valence-corrected chi connectivity index (χ0v) is 18.4. The minimum Gasteiger partial charge on any atom is -0.385 e.